The molecule has 22 heavy (non-hydrogen) atoms. The third-order valence-corrected chi connectivity index (χ3v) is 2.80. The Balaban J connectivity index is 2.00. The highest BCUT2D eigenvalue weighted by Crippen LogP contribution is 2.13. The molecule has 0 atom stereocenters. The van der Waals surface area contributed by atoms with Gasteiger partial charge in [-0.1, -0.05) is 30.3 Å². The quantitative estimate of drug-likeness (QED) is 0.628. The van der Waals surface area contributed by atoms with Crippen molar-refractivity contribution in [3.63, 3.8) is 0 Å². The molecule has 0 amide bonds. The zero-order chi connectivity index (χ0) is 15.8. The molecule has 1 N–H and O–H groups in total. The number of nitrogens with zero attached hydrogens (tertiary/aromatic N) is 1. The molecule has 0 aliphatic heterocycles. The van der Waals surface area contributed by atoms with Crippen LogP contribution in [0.15, 0.2) is 54.4 Å². The second kappa shape index (κ2) is 7.83. The fourth-order valence-corrected chi connectivity index (χ4v) is 1.77. The summed E-state index contributed by atoms with van der Waals surface area (Å²) in [4.78, 5) is 15.1. The fourth-order valence-electron chi connectivity index (χ4n) is 1.77. The van der Waals surface area contributed by atoms with Gasteiger partial charge in [-0.25, -0.2) is 9.78 Å². The Bertz CT molecular complexity index is 635. The molecule has 1 aromatic heterocycles. The van der Waals surface area contributed by atoms with Crippen LogP contribution < -0.4 is 4.74 Å². The van der Waals surface area contributed by atoms with Crippen LogP contribution in [-0.2, 0) is 16.1 Å². The van der Waals surface area contributed by atoms with Gasteiger partial charge in [0.25, 0.3) is 0 Å². The molecule has 0 bridgehead atoms. The average molecular weight is 299 g/mol. The largest absolute Gasteiger partial charge is 0.487 e. The highest BCUT2D eigenvalue weighted by molar-refractivity contribution is 5.89. The number of hydrogen-bond donors (Lipinski definition) is 1. The fraction of sp³-hybridized carbons (Fsp3) is 0.176. The SMILES string of the molecule is CCO/C(=C\c1ccc(OCc2ccccc2)nc1)C(=O)O. The number of benzene rings is 1. The number of aromatic nitrogens is 1. The summed E-state index contributed by atoms with van der Waals surface area (Å²) in [6, 6.07) is 13.2. The van der Waals surface area contributed by atoms with Crippen molar-refractivity contribution in [2.45, 2.75) is 13.5 Å². The molecule has 0 aliphatic carbocycles. The molecule has 0 fully saturated rings. The minimum Gasteiger partial charge on any atom is -0.487 e. The minimum absolute atomic E-state index is 0.109. The van der Waals surface area contributed by atoms with Crippen molar-refractivity contribution in [3.05, 3.63) is 65.5 Å². The molecule has 114 valence electrons. The van der Waals surface area contributed by atoms with Crippen molar-refractivity contribution in [2.24, 2.45) is 0 Å². The van der Waals surface area contributed by atoms with Crippen molar-refractivity contribution in [2.75, 3.05) is 6.61 Å². The van der Waals surface area contributed by atoms with Gasteiger partial charge in [0.05, 0.1) is 6.61 Å². The first-order chi connectivity index (χ1) is 10.7. The van der Waals surface area contributed by atoms with Crippen LogP contribution in [0.1, 0.15) is 18.1 Å². The second-order valence-electron chi connectivity index (χ2n) is 4.45. The number of rotatable bonds is 7. The van der Waals surface area contributed by atoms with E-state index in [0.717, 1.165) is 5.56 Å². The summed E-state index contributed by atoms with van der Waals surface area (Å²) < 4.78 is 10.6. The first kappa shape index (κ1) is 15.6. The first-order valence-electron chi connectivity index (χ1n) is 6.89. The number of ether oxygens (including phenoxy) is 2. The highest BCUT2D eigenvalue weighted by atomic mass is 16.5. The summed E-state index contributed by atoms with van der Waals surface area (Å²) in [5, 5.41) is 8.99. The lowest BCUT2D eigenvalue weighted by atomic mass is 10.2. The number of hydrogen-bond acceptors (Lipinski definition) is 4. The zero-order valence-electron chi connectivity index (χ0n) is 12.2. The maximum atomic E-state index is 11.0. The van der Waals surface area contributed by atoms with Gasteiger partial charge in [-0.05, 0) is 30.2 Å². The van der Waals surface area contributed by atoms with Crippen molar-refractivity contribution in [3.8, 4) is 5.88 Å². The molecule has 0 radical (unpaired) electrons. The smallest absolute Gasteiger partial charge is 0.371 e. The topological polar surface area (TPSA) is 68.7 Å². The van der Waals surface area contributed by atoms with E-state index in [1.807, 2.05) is 30.3 Å². The maximum Gasteiger partial charge on any atom is 0.371 e. The van der Waals surface area contributed by atoms with E-state index in [1.165, 1.54) is 6.08 Å². The summed E-state index contributed by atoms with van der Waals surface area (Å²) in [5.74, 6) is -0.734. The molecule has 0 aliphatic rings. The van der Waals surface area contributed by atoms with Gasteiger partial charge in [-0.15, -0.1) is 0 Å². The Morgan fingerprint density at radius 2 is 2.00 bits per heavy atom. The van der Waals surface area contributed by atoms with E-state index < -0.39 is 5.97 Å². The standard InChI is InChI=1S/C17H17NO4/c1-2-21-15(17(19)20)10-14-8-9-16(18-11-14)22-12-13-6-4-3-5-7-13/h3-11H,2,12H2,1H3,(H,19,20)/b15-10-. The first-order valence-corrected chi connectivity index (χ1v) is 6.89. The third-order valence-electron chi connectivity index (χ3n) is 2.80. The molecular formula is C17H17NO4. The van der Waals surface area contributed by atoms with E-state index in [0.29, 0.717) is 24.7 Å². The Labute approximate surface area is 128 Å². The molecule has 0 saturated heterocycles. The Hall–Kier alpha value is -2.82. The lowest BCUT2D eigenvalue weighted by Gasteiger charge is -2.06. The summed E-state index contributed by atoms with van der Waals surface area (Å²) in [6.07, 6.45) is 2.97. The van der Waals surface area contributed by atoms with Crippen molar-refractivity contribution < 1.29 is 19.4 Å². The summed E-state index contributed by atoms with van der Waals surface area (Å²) in [5.41, 5.74) is 1.69. The van der Waals surface area contributed by atoms with E-state index >= 15 is 0 Å². The summed E-state index contributed by atoms with van der Waals surface area (Å²) in [6.45, 7) is 2.46. The number of aliphatic carboxylic acids is 1. The van der Waals surface area contributed by atoms with Gasteiger partial charge in [-0.3, -0.25) is 0 Å². The van der Waals surface area contributed by atoms with Crippen LogP contribution >= 0.6 is 0 Å². The molecule has 1 aromatic carbocycles. The summed E-state index contributed by atoms with van der Waals surface area (Å²) >= 11 is 0. The zero-order valence-corrected chi connectivity index (χ0v) is 12.2. The van der Waals surface area contributed by atoms with Crippen LogP contribution in [0.2, 0.25) is 0 Å². The number of carboxylic acid groups (broad SMARTS) is 1. The van der Waals surface area contributed by atoms with Gasteiger partial charge in [0.1, 0.15) is 6.61 Å². The predicted octanol–water partition coefficient (Wildman–Crippen LogP) is 3.12. The normalized spacial score (nSPS) is 11.0. The van der Waals surface area contributed by atoms with Gasteiger partial charge in [0.15, 0.2) is 0 Å². The maximum absolute atomic E-state index is 11.0. The van der Waals surface area contributed by atoms with Crippen LogP contribution in [0.3, 0.4) is 0 Å². The van der Waals surface area contributed by atoms with Crippen LogP contribution in [0.5, 0.6) is 5.88 Å². The predicted molar refractivity (Wildman–Crippen MR) is 82.2 cm³/mol. The monoisotopic (exact) mass is 299 g/mol. The molecular weight excluding hydrogens is 282 g/mol. The molecule has 0 spiro atoms. The number of carboxylic acids is 1. The Morgan fingerprint density at radius 3 is 2.59 bits per heavy atom. The van der Waals surface area contributed by atoms with Crippen molar-refractivity contribution in [1.29, 1.82) is 0 Å². The number of pyridine rings is 1. The van der Waals surface area contributed by atoms with Gasteiger partial charge in [-0.2, -0.15) is 0 Å². The highest BCUT2D eigenvalue weighted by Gasteiger charge is 2.08. The molecule has 2 aromatic rings. The van der Waals surface area contributed by atoms with Crippen LogP contribution in [0.4, 0.5) is 0 Å². The Morgan fingerprint density at radius 1 is 1.23 bits per heavy atom. The van der Waals surface area contributed by atoms with E-state index in [2.05, 4.69) is 4.98 Å². The van der Waals surface area contributed by atoms with Gasteiger partial charge in [0.2, 0.25) is 11.6 Å². The van der Waals surface area contributed by atoms with Crippen LogP contribution in [0, 0.1) is 0 Å². The van der Waals surface area contributed by atoms with Crippen molar-refractivity contribution >= 4 is 12.0 Å². The van der Waals surface area contributed by atoms with Gasteiger partial charge < -0.3 is 14.6 Å². The number of carbonyl (C=O) groups is 1. The van der Waals surface area contributed by atoms with Gasteiger partial charge in [0, 0.05) is 12.3 Å². The lowest BCUT2D eigenvalue weighted by Crippen LogP contribution is -2.04. The van der Waals surface area contributed by atoms with E-state index in [4.69, 9.17) is 14.6 Å². The Kier molecular flexibility index (Phi) is 5.54. The molecule has 1 heterocycles. The third kappa shape index (κ3) is 4.63. The van der Waals surface area contributed by atoms with Gasteiger partial charge >= 0.3 is 5.97 Å². The molecule has 2 rings (SSSR count). The van der Waals surface area contributed by atoms with E-state index in [1.54, 1.807) is 25.3 Å². The van der Waals surface area contributed by atoms with E-state index in [-0.39, 0.29) is 5.76 Å². The average Bonchev–Trinajstić information content (AvgIpc) is 2.54. The minimum atomic E-state index is -1.11. The van der Waals surface area contributed by atoms with E-state index in [9.17, 15) is 4.79 Å². The molecule has 5 nitrogen and oxygen atoms in total. The second-order valence-corrected chi connectivity index (χ2v) is 4.45. The molecule has 5 heteroatoms. The summed E-state index contributed by atoms with van der Waals surface area (Å²) in [7, 11) is 0. The molecule has 0 saturated carbocycles. The van der Waals surface area contributed by atoms with Crippen LogP contribution in [0.25, 0.3) is 6.08 Å². The molecule has 0 unspecified atom stereocenters. The van der Waals surface area contributed by atoms with Crippen molar-refractivity contribution in [1.82, 2.24) is 4.98 Å². The van der Waals surface area contributed by atoms with Crippen LogP contribution in [-0.4, -0.2) is 22.7 Å². The lowest BCUT2D eigenvalue weighted by molar-refractivity contribution is -0.136.